The highest BCUT2D eigenvalue weighted by molar-refractivity contribution is 5.81. The smallest absolute Gasteiger partial charge is 0.135 e. The van der Waals surface area contributed by atoms with Gasteiger partial charge >= 0.3 is 0 Å². The molecule has 1 fully saturated rings. The van der Waals surface area contributed by atoms with Crippen LogP contribution in [-0.4, -0.2) is 12.3 Å². The van der Waals surface area contributed by atoms with Gasteiger partial charge in [0.1, 0.15) is 5.78 Å². The van der Waals surface area contributed by atoms with E-state index in [0.29, 0.717) is 17.6 Å². The molecule has 0 radical (unpaired) electrons. The Morgan fingerprint density at radius 1 is 1.15 bits per heavy atom. The van der Waals surface area contributed by atoms with Crippen LogP contribution in [0, 0.1) is 23.2 Å². The van der Waals surface area contributed by atoms with Gasteiger partial charge in [0.2, 0.25) is 0 Å². The van der Waals surface area contributed by atoms with Crippen molar-refractivity contribution in [3.05, 3.63) is 0 Å². The first-order chi connectivity index (χ1) is 9.38. The Balaban J connectivity index is 2.38. The highest BCUT2D eigenvalue weighted by atomic mass is 16.1. The van der Waals surface area contributed by atoms with Gasteiger partial charge in [-0.1, -0.05) is 34.1 Å². The van der Waals surface area contributed by atoms with Crippen molar-refractivity contribution in [3.63, 3.8) is 0 Å². The Kier molecular flexibility index (Phi) is 7.22. The number of rotatable bonds is 7. The summed E-state index contributed by atoms with van der Waals surface area (Å²) in [5.41, 5.74) is 5.98. The molecule has 0 heterocycles. The van der Waals surface area contributed by atoms with Gasteiger partial charge in [0.05, 0.1) is 0 Å². The predicted molar refractivity (Wildman–Crippen MR) is 86.6 cm³/mol. The molecule has 0 aromatic carbocycles. The zero-order valence-electron chi connectivity index (χ0n) is 14.1. The lowest BCUT2D eigenvalue weighted by Gasteiger charge is -2.31. The number of nitrogens with two attached hydrogens (primary N) is 1. The van der Waals surface area contributed by atoms with Gasteiger partial charge in [-0.05, 0) is 62.3 Å². The minimum atomic E-state index is 0.263. The molecule has 0 saturated heterocycles. The first-order valence-corrected chi connectivity index (χ1v) is 8.61. The summed E-state index contributed by atoms with van der Waals surface area (Å²) in [5.74, 6) is 2.32. The van der Waals surface area contributed by atoms with E-state index in [-0.39, 0.29) is 5.41 Å². The van der Waals surface area contributed by atoms with Crippen molar-refractivity contribution in [2.45, 2.75) is 79.1 Å². The van der Waals surface area contributed by atoms with E-state index in [2.05, 4.69) is 27.7 Å². The third-order valence-electron chi connectivity index (χ3n) is 5.36. The Labute approximate surface area is 125 Å². The van der Waals surface area contributed by atoms with Crippen molar-refractivity contribution in [1.82, 2.24) is 0 Å². The molecule has 2 nitrogen and oxygen atoms in total. The monoisotopic (exact) mass is 281 g/mol. The van der Waals surface area contributed by atoms with Gasteiger partial charge in [-0.25, -0.2) is 0 Å². The Morgan fingerprint density at radius 2 is 1.75 bits per heavy atom. The lowest BCUT2D eigenvalue weighted by atomic mass is 9.74. The summed E-state index contributed by atoms with van der Waals surface area (Å²) < 4.78 is 0. The number of hydrogen-bond donors (Lipinski definition) is 1. The Bertz CT molecular complexity index is 284. The molecule has 0 aromatic heterocycles. The van der Waals surface area contributed by atoms with Crippen molar-refractivity contribution in [2.75, 3.05) is 6.54 Å². The molecule has 20 heavy (non-hydrogen) atoms. The molecule has 2 N–H and O–H groups in total. The summed E-state index contributed by atoms with van der Waals surface area (Å²) in [6.07, 6.45) is 8.90. The summed E-state index contributed by atoms with van der Waals surface area (Å²) in [4.78, 5) is 12.4. The molecule has 0 bridgehead atoms. The second-order valence-corrected chi connectivity index (χ2v) is 7.77. The van der Waals surface area contributed by atoms with Crippen molar-refractivity contribution in [3.8, 4) is 0 Å². The minimum absolute atomic E-state index is 0.263. The van der Waals surface area contributed by atoms with Crippen LogP contribution >= 0.6 is 0 Å². The summed E-state index contributed by atoms with van der Waals surface area (Å²) in [7, 11) is 0. The van der Waals surface area contributed by atoms with E-state index in [0.717, 1.165) is 44.6 Å². The molecule has 1 atom stereocenters. The number of hydrogen-bond acceptors (Lipinski definition) is 2. The molecule has 1 aliphatic carbocycles. The molecule has 1 unspecified atom stereocenters. The molecular formula is C18H35NO. The first-order valence-electron chi connectivity index (χ1n) is 8.61. The molecule has 1 aliphatic rings. The van der Waals surface area contributed by atoms with Gasteiger partial charge in [0.25, 0.3) is 0 Å². The third-order valence-corrected chi connectivity index (χ3v) is 5.36. The second-order valence-electron chi connectivity index (χ2n) is 7.77. The van der Waals surface area contributed by atoms with E-state index >= 15 is 0 Å². The average Bonchev–Trinajstić information content (AvgIpc) is 2.42. The van der Waals surface area contributed by atoms with Gasteiger partial charge in [0.15, 0.2) is 0 Å². The summed E-state index contributed by atoms with van der Waals surface area (Å²) >= 11 is 0. The van der Waals surface area contributed by atoms with E-state index in [9.17, 15) is 4.79 Å². The molecule has 0 aliphatic heterocycles. The predicted octanol–water partition coefficient (Wildman–Crippen LogP) is 4.56. The van der Waals surface area contributed by atoms with E-state index in [1.807, 2.05) is 0 Å². The van der Waals surface area contributed by atoms with E-state index in [1.54, 1.807) is 0 Å². The molecule has 1 saturated carbocycles. The Morgan fingerprint density at radius 3 is 2.20 bits per heavy atom. The fourth-order valence-corrected chi connectivity index (χ4v) is 3.62. The van der Waals surface area contributed by atoms with Crippen molar-refractivity contribution >= 4 is 5.78 Å². The summed E-state index contributed by atoms with van der Waals surface area (Å²) in [6, 6.07) is 0. The standard InChI is InChI=1S/C18H35NO/c1-5-14-6-8-15(9-7-14)17(20)11-10-16(12-13-19)18(2,3)4/h14-16H,5-13,19H2,1-4H3. The largest absolute Gasteiger partial charge is 0.330 e. The maximum Gasteiger partial charge on any atom is 0.135 e. The van der Waals surface area contributed by atoms with E-state index in [4.69, 9.17) is 5.73 Å². The molecule has 0 spiro atoms. The Hall–Kier alpha value is -0.370. The van der Waals surface area contributed by atoms with Crippen molar-refractivity contribution < 1.29 is 4.79 Å². The van der Waals surface area contributed by atoms with Gasteiger partial charge < -0.3 is 5.73 Å². The zero-order valence-corrected chi connectivity index (χ0v) is 14.1. The van der Waals surface area contributed by atoms with Gasteiger partial charge in [-0.3, -0.25) is 4.79 Å². The SMILES string of the molecule is CCC1CCC(C(=O)CCC(CCN)C(C)(C)C)CC1. The fourth-order valence-electron chi connectivity index (χ4n) is 3.62. The number of Topliss-reactive ketones (excluding diaryl/α,β-unsaturated/α-hetero) is 1. The number of carbonyl (C=O) groups is 1. The summed E-state index contributed by atoms with van der Waals surface area (Å²) in [6.45, 7) is 9.81. The van der Waals surface area contributed by atoms with Crippen molar-refractivity contribution in [2.24, 2.45) is 28.9 Å². The zero-order chi connectivity index (χ0) is 15.2. The van der Waals surface area contributed by atoms with Crippen LogP contribution in [0.3, 0.4) is 0 Å². The van der Waals surface area contributed by atoms with Crippen LogP contribution < -0.4 is 5.73 Å². The van der Waals surface area contributed by atoms with Crippen LogP contribution in [-0.2, 0) is 4.79 Å². The van der Waals surface area contributed by atoms with Crippen LogP contribution in [0.25, 0.3) is 0 Å². The average molecular weight is 281 g/mol. The lowest BCUT2D eigenvalue weighted by molar-refractivity contribution is -0.124. The van der Waals surface area contributed by atoms with Gasteiger partial charge in [-0.15, -0.1) is 0 Å². The van der Waals surface area contributed by atoms with Crippen LogP contribution in [0.2, 0.25) is 0 Å². The molecule has 0 aromatic rings. The highest BCUT2D eigenvalue weighted by Crippen LogP contribution is 2.35. The minimum Gasteiger partial charge on any atom is -0.330 e. The summed E-state index contributed by atoms with van der Waals surface area (Å²) in [5, 5.41) is 0. The molecule has 2 heteroatoms. The van der Waals surface area contributed by atoms with E-state index < -0.39 is 0 Å². The molecule has 1 rings (SSSR count). The van der Waals surface area contributed by atoms with Crippen LogP contribution in [0.5, 0.6) is 0 Å². The quantitative estimate of drug-likeness (QED) is 0.743. The van der Waals surface area contributed by atoms with Crippen LogP contribution in [0.4, 0.5) is 0 Å². The topological polar surface area (TPSA) is 43.1 Å². The normalized spacial score (nSPS) is 25.4. The third kappa shape index (κ3) is 5.55. The number of carbonyl (C=O) groups excluding carboxylic acids is 1. The lowest BCUT2D eigenvalue weighted by Crippen LogP contribution is -2.26. The van der Waals surface area contributed by atoms with Gasteiger partial charge in [-0.2, -0.15) is 0 Å². The van der Waals surface area contributed by atoms with Crippen LogP contribution in [0.1, 0.15) is 79.1 Å². The highest BCUT2D eigenvalue weighted by Gasteiger charge is 2.28. The fraction of sp³-hybridized carbons (Fsp3) is 0.944. The maximum atomic E-state index is 12.4. The van der Waals surface area contributed by atoms with Crippen molar-refractivity contribution in [1.29, 1.82) is 0 Å². The number of ketones is 1. The second kappa shape index (κ2) is 8.17. The molecule has 0 amide bonds. The van der Waals surface area contributed by atoms with E-state index in [1.165, 1.54) is 19.3 Å². The maximum absolute atomic E-state index is 12.4. The first kappa shape index (κ1) is 17.7. The van der Waals surface area contributed by atoms with Crippen LogP contribution in [0.15, 0.2) is 0 Å². The van der Waals surface area contributed by atoms with Gasteiger partial charge in [0, 0.05) is 12.3 Å². The molecule has 118 valence electrons. The molecular weight excluding hydrogens is 246 g/mol.